The number of hydrogen-bond donors (Lipinski definition) is 1. The van der Waals surface area contributed by atoms with E-state index >= 15 is 0 Å². The van der Waals surface area contributed by atoms with Gasteiger partial charge in [0.1, 0.15) is 10.0 Å². The van der Waals surface area contributed by atoms with Gasteiger partial charge in [-0.15, -0.1) is 21.5 Å². The van der Waals surface area contributed by atoms with E-state index in [1.807, 2.05) is 53.6 Å². The van der Waals surface area contributed by atoms with Crippen molar-refractivity contribution in [3.05, 3.63) is 51.7 Å². The van der Waals surface area contributed by atoms with Crippen LogP contribution in [0.25, 0.3) is 10.6 Å². The average Bonchev–Trinajstić information content (AvgIpc) is 3.40. The Morgan fingerprint density at radius 1 is 1.14 bits per heavy atom. The fraction of sp³-hybridized carbons (Fsp3) is 0.300. The SMILES string of the molecule is Cc1nnc(-c2cccc(NC(=O)C3CCN(C(=O)c4cccs4)CC3)c2)s1. The predicted octanol–water partition coefficient (Wildman–Crippen LogP) is 4.07. The van der Waals surface area contributed by atoms with Crippen LogP contribution < -0.4 is 5.32 Å². The minimum atomic E-state index is -0.0835. The lowest BCUT2D eigenvalue weighted by atomic mass is 9.95. The fourth-order valence-corrected chi connectivity index (χ4v) is 4.67. The van der Waals surface area contributed by atoms with Crippen LogP contribution in [0, 0.1) is 12.8 Å². The average molecular weight is 413 g/mol. The Morgan fingerprint density at radius 3 is 2.64 bits per heavy atom. The highest BCUT2D eigenvalue weighted by Crippen LogP contribution is 2.27. The number of aryl methyl sites for hydroxylation is 1. The molecular formula is C20H20N4O2S2. The van der Waals surface area contributed by atoms with Gasteiger partial charge >= 0.3 is 0 Å². The molecule has 0 bridgehead atoms. The van der Waals surface area contributed by atoms with Gasteiger partial charge in [0.2, 0.25) is 5.91 Å². The number of rotatable bonds is 4. The van der Waals surface area contributed by atoms with Gasteiger partial charge in [-0.25, -0.2) is 0 Å². The maximum Gasteiger partial charge on any atom is 0.263 e. The van der Waals surface area contributed by atoms with E-state index < -0.39 is 0 Å². The van der Waals surface area contributed by atoms with Crippen LogP contribution in [0.3, 0.4) is 0 Å². The third-order valence-corrected chi connectivity index (χ3v) is 6.53. The molecule has 3 heterocycles. The topological polar surface area (TPSA) is 75.2 Å². The molecular weight excluding hydrogens is 392 g/mol. The second-order valence-electron chi connectivity index (χ2n) is 6.74. The summed E-state index contributed by atoms with van der Waals surface area (Å²) < 4.78 is 0. The Bertz CT molecular complexity index is 976. The van der Waals surface area contributed by atoms with Crippen molar-refractivity contribution in [1.82, 2.24) is 15.1 Å². The number of piperidine rings is 1. The number of amides is 2. The Balaban J connectivity index is 1.35. The van der Waals surface area contributed by atoms with E-state index in [9.17, 15) is 9.59 Å². The molecule has 0 saturated carbocycles. The van der Waals surface area contributed by atoms with Gasteiger partial charge in [-0.3, -0.25) is 9.59 Å². The number of carbonyl (C=O) groups excluding carboxylic acids is 2. The predicted molar refractivity (Wildman–Crippen MR) is 112 cm³/mol. The highest BCUT2D eigenvalue weighted by atomic mass is 32.1. The molecule has 1 aliphatic heterocycles. The second kappa shape index (κ2) is 8.20. The molecule has 0 radical (unpaired) electrons. The molecule has 28 heavy (non-hydrogen) atoms. The third-order valence-electron chi connectivity index (χ3n) is 4.79. The number of nitrogens with zero attached hydrogens (tertiary/aromatic N) is 3. The minimum Gasteiger partial charge on any atom is -0.338 e. The lowest BCUT2D eigenvalue weighted by molar-refractivity contribution is -0.121. The zero-order valence-electron chi connectivity index (χ0n) is 15.4. The molecule has 0 spiro atoms. The number of nitrogens with one attached hydrogen (secondary N) is 1. The number of benzene rings is 1. The van der Waals surface area contributed by atoms with Crippen LogP contribution in [0.2, 0.25) is 0 Å². The van der Waals surface area contributed by atoms with Crippen LogP contribution in [-0.4, -0.2) is 40.0 Å². The van der Waals surface area contributed by atoms with Gasteiger partial charge < -0.3 is 10.2 Å². The smallest absolute Gasteiger partial charge is 0.263 e. The summed E-state index contributed by atoms with van der Waals surface area (Å²) in [6, 6.07) is 11.4. The molecule has 0 aliphatic carbocycles. The highest BCUT2D eigenvalue weighted by Gasteiger charge is 2.28. The number of anilines is 1. The number of hydrogen-bond acceptors (Lipinski definition) is 6. The first kappa shape index (κ1) is 18.8. The molecule has 2 amide bonds. The Morgan fingerprint density at radius 2 is 1.96 bits per heavy atom. The van der Waals surface area contributed by atoms with Crippen molar-refractivity contribution in [2.75, 3.05) is 18.4 Å². The summed E-state index contributed by atoms with van der Waals surface area (Å²) in [5.41, 5.74) is 1.70. The van der Waals surface area contributed by atoms with Gasteiger partial charge in [0.05, 0.1) is 4.88 Å². The van der Waals surface area contributed by atoms with Gasteiger partial charge in [-0.2, -0.15) is 0 Å². The molecule has 1 aromatic carbocycles. The molecule has 6 nitrogen and oxygen atoms in total. The second-order valence-corrected chi connectivity index (χ2v) is 8.87. The third kappa shape index (κ3) is 4.13. The Hall–Kier alpha value is -2.58. The minimum absolute atomic E-state index is 0.00816. The summed E-state index contributed by atoms with van der Waals surface area (Å²) in [5, 5.41) is 14.9. The lowest BCUT2D eigenvalue weighted by Crippen LogP contribution is -2.41. The molecule has 0 atom stereocenters. The molecule has 1 N–H and O–H groups in total. The van der Waals surface area contributed by atoms with E-state index in [1.165, 1.54) is 22.7 Å². The summed E-state index contributed by atoms with van der Waals surface area (Å²) in [6.45, 7) is 3.14. The standard InChI is InChI=1S/C20H20N4O2S2/c1-13-22-23-19(28-13)15-4-2-5-16(12-15)21-18(25)14-7-9-24(10-8-14)20(26)17-6-3-11-27-17/h2-6,11-12,14H,7-10H2,1H3,(H,21,25). The maximum absolute atomic E-state index is 12.7. The van der Waals surface area contributed by atoms with Crippen LogP contribution in [0.4, 0.5) is 5.69 Å². The van der Waals surface area contributed by atoms with Crippen LogP contribution in [0.5, 0.6) is 0 Å². The molecule has 2 aromatic heterocycles. The number of likely N-dealkylation sites (tertiary alicyclic amines) is 1. The van der Waals surface area contributed by atoms with Gasteiger partial charge in [0.25, 0.3) is 5.91 Å². The first-order chi connectivity index (χ1) is 13.6. The first-order valence-electron chi connectivity index (χ1n) is 9.14. The zero-order valence-corrected chi connectivity index (χ0v) is 17.1. The maximum atomic E-state index is 12.7. The highest BCUT2D eigenvalue weighted by molar-refractivity contribution is 7.14. The van der Waals surface area contributed by atoms with Gasteiger partial charge in [-0.05, 0) is 43.3 Å². The van der Waals surface area contributed by atoms with Crippen molar-refractivity contribution < 1.29 is 9.59 Å². The van der Waals surface area contributed by atoms with Crippen LogP contribution in [-0.2, 0) is 4.79 Å². The molecule has 3 aromatic rings. The summed E-state index contributed by atoms with van der Waals surface area (Å²) in [5.74, 6) is -0.0115. The first-order valence-corrected chi connectivity index (χ1v) is 10.8. The molecule has 1 saturated heterocycles. The van der Waals surface area contributed by atoms with E-state index in [-0.39, 0.29) is 17.7 Å². The summed E-state index contributed by atoms with van der Waals surface area (Å²) >= 11 is 2.98. The normalized spacial score (nSPS) is 14.8. The fourth-order valence-electron chi connectivity index (χ4n) is 3.29. The summed E-state index contributed by atoms with van der Waals surface area (Å²) in [7, 11) is 0. The van der Waals surface area contributed by atoms with Crippen molar-refractivity contribution in [2.45, 2.75) is 19.8 Å². The van der Waals surface area contributed by atoms with Crippen molar-refractivity contribution in [3.63, 3.8) is 0 Å². The summed E-state index contributed by atoms with van der Waals surface area (Å²) in [4.78, 5) is 27.7. The largest absolute Gasteiger partial charge is 0.338 e. The molecule has 4 rings (SSSR count). The quantitative estimate of drug-likeness (QED) is 0.701. The Kier molecular flexibility index (Phi) is 5.50. The summed E-state index contributed by atoms with van der Waals surface area (Å²) in [6.07, 6.45) is 1.36. The van der Waals surface area contributed by atoms with Crippen molar-refractivity contribution in [2.24, 2.45) is 5.92 Å². The van der Waals surface area contributed by atoms with Crippen molar-refractivity contribution in [3.8, 4) is 10.6 Å². The number of carbonyl (C=O) groups is 2. The van der Waals surface area contributed by atoms with E-state index in [0.717, 1.165) is 26.1 Å². The molecule has 1 fully saturated rings. The van der Waals surface area contributed by atoms with Crippen molar-refractivity contribution in [1.29, 1.82) is 0 Å². The number of thiophene rings is 1. The van der Waals surface area contributed by atoms with Crippen LogP contribution in [0.1, 0.15) is 27.5 Å². The number of aromatic nitrogens is 2. The van der Waals surface area contributed by atoms with E-state index in [0.29, 0.717) is 25.9 Å². The molecule has 144 valence electrons. The van der Waals surface area contributed by atoms with E-state index in [4.69, 9.17) is 0 Å². The lowest BCUT2D eigenvalue weighted by Gasteiger charge is -2.31. The van der Waals surface area contributed by atoms with Crippen LogP contribution in [0.15, 0.2) is 41.8 Å². The molecule has 1 aliphatic rings. The van der Waals surface area contributed by atoms with E-state index in [1.54, 1.807) is 0 Å². The monoisotopic (exact) mass is 412 g/mol. The molecule has 0 unspecified atom stereocenters. The zero-order chi connectivity index (χ0) is 19.5. The Labute approximate surface area is 171 Å². The van der Waals surface area contributed by atoms with Crippen LogP contribution >= 0.6 is 22.7 Å². The molecule has 8 heteroatoms. The van der Waals surface area contributed by atoms with Gasteiger partial charge in [0.15, 0.2) is 0 Å². The van der Waals surface area contributed by atoms with Gasteiger partial charge in [-0.1, -0.05) is 29.5 Å². The van der Waals surface area contributed by atoms with E-state index in [2.05, 4.69) is 15.5 Å². The van der Waals surface area contributed by atoms with Gasteiger partial charge in [0, 0.05) is 30.3 Å². The van der Waals surface area contributed by atoms with Crippen molar-refractivity contribution >= 4 is 40.2 Å².